The SMILES string of the molecule is CCC(CO)(CO)NCc1nccs1. The van der Waals surface area contributed by atoms with E-state index in [0.29, 0.717) is 13.0 Å². The topological polar surface area (TPSA) is 65.4 Å². The molecule has 0 aromatic carbocycles. The van der Waals surface area contributed by atoms with Crippen molar-refractivity contribution in [3.05, 3.63) is 16.6 Å². The van der Waals surface area contributed by atoms with E-state index in [4.69, 9.17) is 10.2 Å². The number of hydrogen-bond acceptors (Lipinski definition) is 5. The minimum atomic E-state index is -0.578. The minimum Gasteiger partial charge on any atom is -0.394 e. The summed E-state index contributed by atoms with van der Waals surface area (Å²) < 4.78 is 0. The molecule has 1 aromatic heterocycles. The summed E-state index contributed by atoms with van der Waals surface area (Å²) in [5, 5.41) is 24.3. The van der Waals surface area contributed by atoms with Crippen molar-refractivity contribution in [3.63, 3.8) is 0 Å². The van der Waals surface area contributed by atoms with Crippen LogP contribution >= 0.6 is 11.3 Å². The second kappa shape index (κ2) is 5.41. The monoisotopic (exact) mass is 216 g/mol. The van der Waals surface area contributed by atoms with Crippen LogP contribution in [0.1, 0.15) is 18.4 Å². The van der Waals surface area contributed by atoms with Gasteiger partial charge in [0.15, 0.2) is 0 Å². The molecule has 4 nitrogen and oxygen atoms in total. The number of nitrogens with zero attached hydrogens (tertiary/aromatic N) is 1. The van der Waals surface area contributed by atoms with E-state index < -0.39 is 5.54 Å². The van der Waals surface area contributed by atoms with Gasteiger partial charge in [0.25, 0.3) is 0 Å². The average molecular weight is 216 g/mol. The summed E-state index contributed by atoms with van der Waals surface area (Å²) in [4.78, 5) is 4.11. The van der Waals surface area contributed by atoms with Crippen molar-refractivity contribution >= 4 is 11.3 Å². The minimum absolute atomic E-state index is 0.0641. The molecule has 0 bridgehead atoms. The van der Waals surface area contributed by atoms with Crippen LogP contribution in [0.3, 0.4) is 0 Å². The Morgan fingerprint density at radius 1 is 1.50 bits per heavy atom. The highest BCUT2D eigenvalue weighted by atomic mass is 32.1. The van der Waals surface area contributed by atoms with E-state index in [1.54, 1.807) is 17.5 Å². The van der Waals surface area contributed by atoms with Gasteiger partial charge in [0.1, 0.15) is 5.01 Å². The van der Waals surface area contributed by atoms with Gasteiger partial charge in [-0.05, 0) is 6.42 Å². The summed E-state index contributed by atoms with van der Waals surface area (Å²) in [6, 6.07) is 0. The number of aliphatic hydroxyl groups excluding tert-OH is 2. The first-order chi connectivity index (χ1) is 6.76. The normalized spacial score (nSPS) is 11.9. The van der Waals surface area contributed by atoms with Crippen molar-refractivity contribution in [2.45, 2.75) is 25.4 Å². The quantitative estimate of drug-likeness (QED) is 0.642. The van der Waals surface area contributed by atoms with Crippen LogP contribution in [0.5, 0.6) is 0 Å². The molecule has 0 fully saturated rings. The second-order valence-corrected chi connectivity index (χ2v) is 4.21. The molecule has 0 radical (unpaired) electrons. The Hall–Kier alpha value is -0.490. The van der Waals surface area contributed by atoms with Gasteiger partial charge in [-0.2, -0.15) is 0 Å². The van der Waals surface area contributed by atoms with Gasteiger partial charge in [0.2, 0.25) is 0 Å². The molecule has 0 aliphatic heterocycles. The molecular formula is C9H16N2O2S. The molecule has 0 amide bonds. The molecule has 1 heterocycles. The Morgan fingerprint density at radius 3 is 2.64 bits per heavy atom. The van der Waals surface area contributed by atoms with E-state index in [9.17, 15) is 0 Å². The molecule has 0 saturated heterocycles. The molecule has 0 aliphatic rings. The van der Waals surface area contributed by atoms with Crippen LogP contribution in [0.25, 0.3) is 0 Å². The van der Waals surface area contributed by atoms with Crippen LogP contribution in [0.15, 0.2) is 11.6 Å². The number of rotatable bonds is 6. The molecule has 0 spiro atoms. The molecule has 80 valence electrons. The van der Waals surface area contributed by atoms with E-state index in [0.717, 1.165) is 5.01 Å². The highest BCUT2D eigenvalue weighted by molar-refractivity contribution is 7.09. The molecule has 0 unspecified atom stereocenters. The summed E-state index contributed by atoms with van der Waals surface area (Å²) in [7, 11) is 0. The van der Waals surface area contributed by atoms with Gasteiger partial charge in [-0.1, -0.05) is 6.92 Å². The Labute approximate surface area is 87.6 Å². The Kier molecular flexibility index (Phi) is 4.47. The maximum atomic E-state index is 9.17. The first kappa shape index (κ1) is 11.6. The van der Waals surface area contributed by atoms with Crippen molar-refractivity contribution in [3.8, 4) is 0 Å². The number of thiazole rings is 1. The molecule has 14 heavy (non-hydrogen) atoms. The fourth-order valence-corrected chi connectivity index (χ4v) is 1.67. The summed E-state index contributed by atoms with van der Waals surface area (Å²) in [5.41, 5.74) is -0.578. The maximum Gasteiger partial charge on any atom is 0.106 e. The van der Waals surface area contributed by atoms with Gasteiger partial charge < -0.3 is 15.5 Å². The lowest BCUT2D eigenvalue weighted by Crippen LogP contribution is -2.50. The van der Waals surface area contributed by atoms with Gasteiger partial charge in [0.05, 0.1) is 18.8 Å². The standard InChI is InChI=1S/C9H16N2O2S/c1-2-9(6-12,7-13)11-5-8-10-3-4-14-8/h3-4,11-13H,2,5-7H2,1H3. The van der Waals surface area contributed by atoms with E-state index >= 15 is 0 Å². The molecule has 5 heteroatoms. The van der Waals surface area contributed by atoms with Crippen LogP contribution in [0.4, 0.5) is 0 Å². The van der Waals surface area contributed by atoms with E-state index in [2.05, 4.69) is 10.3 Å². The van der Waals surface area contributed by atoms with Crippen LogP contribution in [-0.2, 0) is 6.54 Å². The van der Waals surface area contributed by atoms with Crippen molar-refractivity contribution in [2.75, 3.05) is 13.2 Å². The third kappa shape index (κ3) is 2.75. The summed E-state index contributed by atoms with van der Waals surface area (Å²) in [5.74, 6) is 0. The van der Waals surface area contributed by atoms with E-state index in [1.165, 1.54) is 0 Å². The molecule has 3 N–H and O–H groups in total. The Morgan fingerprint density at radius 2 is 2.21 bits per heavy atom. The summed E-state index contributed by atoms with van der Waals surface area (Å²) in [6.07, 6.45) is 2.43. The number of aliphatic hydroxyl groups is 2. The Bertz CT molecular complexity index is 239. The number of aromatic nitrogens is 1. The molecular weight excluding hydrogens is 200 g/mol. The highest BCUT2D eigenvalue weighted by Gasteiger charge is 2.25. The lowest BCUT2D eigenvalue weighted by molar-refractivity contribution is 0.0864. The summed E-state index contributed by atoms with van der Waals surface area (Å²) in [6.45, 7) is 2.39. The second-order valence-electron chi connectivity index (χ2n) is 3.23. The van der Waals surface area contributed by atoms with Crippen LogP contribution in [0.2, 0.25) is 0 Å². The Balaban J connectivity index is 2.48. The molecule has 1 rings (SSSR count). The average Bonchev–Trinajstić information content (AvgIpc) is 2.74. The van der Waals surface area contributed by atoms with Gasteiger partial charge in [-0.15, -0.1) is 11.3 Å². The highest BCUT2D eigenvalue weighted by Crippen LogP contribution is 2.11. The zero-order valence-electron chi connectivity index (χ0n) is 8.23. The largest absolute Gasteiger partial charge is 0.394 e. The van der Waals surface area contributed by atoms with E-state index in [-0.39, 0.29) is 13.2 Å². The zero-order valence-corrected chi connectivity index (χ0v) is 9.05. The summed E-state index contributed by atoms with van der Waals surface area (Å²) >= 11 is 1.56. The fraction of sp³-hybridized carbons (Fsp3) is 0.667. The number of hydrogen-bond donors (Lipinski definition) is 3. The smallest absolute Gasteiger partial charge is 0.106 e. The van der Waals surface area contributed by atoms with Gasteiger partial charge in [-0.3, -0.25) is 0 Å². The predicted molar refractivity (Wildman–Crippen MR) is 56.1 cm³/mol. The zero-order chi connectivity index (χ0) is 10.4. The molecule has 1 aromatic rings. The van der Waals surface area contributed by atoms with Crippen LogP contribution < -0.4 is 5.32 Å². The third-order valence-electron chi connectivity index (χ3n) is 2.38. The molecule has 0 saturated carbocycles. The van der Waals surface area contributed by atoms with Crippen LogP contribution in [0, 0.1) is 0 Å². The van der Waals surface area contributed by atoms with Crippen LogP contribution in [-0.4, -0.2) is 33.9 Å². The lowest BCUT2D eigenvalue weighted by atomic mass is 9.99. The maximum absolute atomic E-state index is 9.17. The van der Waals surface area contributed by atoms with Crippen molar-refractivity contribution in [2.24, 2.45) is 0 Å². The van der Waals surface area contributed by atoms with Crippen molar-refractivity contribution in [1.82, 2.24) is 10.3 Å². The van der Waals surface area contributed by atoms with E-state index in [1.807, 2.05) is 12.3 Å². The predicted octanol–water partition coefficient (Wildman–Crippen LogP) is 0.366. The van der Waals surface area contributed by atoms with Gasteiger partial charge in [-0.25, -0.2) is 4.98 Å². The molecule has 0 aliphatic carbocycles. The first-order valence-corrected chi connectivity index (χ1v) is 5.49. The first-order valence-electron chi connectivity index (χ1n) is 4.61. The van der Waals surface area contributed by atoms with Gasteiger partial charge in [0, 0.05) is 18.1 Å². The lowest BCUT2D eigenvalue weighted by Gasteiger charge is -2.29. The van der Waals surface area contributed by atoms with Gasteiger partial charge >= 0.3 is 0 Å². The fourth-order valence-electron chi connectivity index (χ4n) is 1.11. The van der Waals surface area contributed by atoms with Crippen molar-refractivity contribution in [1.29, 1.82) is 0 Å². The molecule has 0 atom stereocenters. The van der Waals surface area contributed by atoms with Crippen molar-refractivity contribution < 1.29 is 10.2 Å². The number of nitrogens with one attached hydrogen (secondary N) is 1. The third-order valence-corrected chi connectivity index (χ3v) is 3.16.